The summed E-state index contributed by atoms with van der Waals surface area (Å²) in [6.45, 7) is 0. The molecule has 1 aromatic carbocycles. The van der Waals surface area contributed by atoms with Crippen molar-refractivity contribution < 1.29 is 23.1 Å². The van der Waals surface area contributed by atoms with Gasteiger partial charge in [0.15, 0.2) is 0 Å². The number of hydrogen-bond acceptors (Lipinski definition) is 3. The summed E-state index contributed by atoms with van der Waals surface area (Å²) in [5, 5.41) is 9.02. The van der Waals surface area contributed by atoms with E-state index >= 15 is 0 Å². The van der Waals surface area contributed by atoms with E-state index in [1.165, 1.54) is 0 Å². The summed E-state index contributed by atoms with van der Waals surface area (Å²) in [6, 6.07) is 2.86. The van der Waals surface area contributed by atoms with Crippen LogP contribution in [0.1, 0.15) is 35.0 Å². The third-order valence-electron chi connectivity index (χ3n) is 2.97. The molecule has 1 aromatic heterocycles. The van der Waals surface area contributed by atoms with Gasteiger partial charge in [0.2, 0.25) is 11.7 Å². The molecule has 0 amide bonds. The van der Waals surface area contributed by atoms with Gasteiger partial charge in [0, 0.05) is 5.92 Å². The number of rotatable bonds is 3. The number of nitrogens with zero attached hydrogens (tertiary/aromatic N) is 1. The molecule has 6 heteroatoms. The van der Waals surface area contributed by atoms with Gasteiger partial charge in [-0.05, 0) is 31.0 Å². The quantitative estimate of drug-likeness (QED) is 0.925. The highest BCUT2D eigenvalue weighted by molar-refractivity contribution is 5.86. The summed E-state index contributed by atoms with van der Waals surface area (Å²) in [5.74, 6) is -3.04. The first kappa shape index (κ1) is 11.8. The monoisotopic (exact) mass is 265 g/mol. The number of carboxylic acids is 1. The van der Waals surface area contributed by atoms with Crippen LogP contribution in [0.3, 0.4) is 0 Å². The number of oxazole rings is 1. The minimum atomic E-state index is -1.25. The van der Waals surface area contributed by atoms with Crippen LogP contribution in [0, 0.1) is 11.6 Å². The first-order valence-corrected chi connectivity index (χ1v) is 5.75. The molecule has 19 heavy (non-hydrogen) atoms. The molecule has 4 nitrogen and oxygen atoms in total. The third-order valence-corrected chi connectivity index (χ3v) is 2.97. The minimum absolute atomic E-state index is 0.0419. The molecule has 1 aliphatic carbocycles. The van der Waals surface area contributed by atoms with E-state index in [1.54, 1.807) is 0 Å². The van der Waals surface area contributed by atoms with Crippen molar-refractivity contribution in [2.24, 2.45) is 0 Å². The fraction of sp³-hybridized carbons (Fsp3) is 0.231. The Kier molecular flexibility index (Phi) is 2.58. The van der Waals surface area contributed by atoms with Crippen LogP contribution in [0.15, 0.2) is 22.6 Å². The Hall–Kier alpha value is -2.24. The number of benzene rings is 1. The highest BCUT2D eigenvalue weighted by atomic mass is 19.1. The molecule has 0 saturated heterocycles. The van der Waals surface area contributed by atoms with E-state index in [0.717, 1.165) is 31.0 Å². The summed E-state index contributed by atoms with van der Waals surface area (Å²) >= 11 is 0. The molecule has 0 atom stereocenters. The molecule has 1 saturated carbocycles. The van der Waals surface area contributed by atoms with E-state index in [1.807, 2.05) is 0 Å². The Morgan fingerprint density at radius 2 is 2.11 bits per heavy atom. The van der Waals surface area contributed by atoms with Crippen molar-refractivity contribution in [1.82, 2.24) is 4.98 Å². The molecule has 0 bridgehead atoms. The second-order valence-corrected chi connectivity index (χ2v) is 4.44. The van der Waals surface area contributed by atoms with Gasteiger partial charge < -0.3 is 9.52 Å². The Balaban J connectivity index is 2.12. The van der Waals surface area contributed by atoms with Gasteiger partial charge >= 0.3 is 5.97 Å². The predicted octanol–water partition coefficient (Wildman–Crippen LogP) is 3.20. The highest BCUT2D eigenvalue weighted by Gasteiger charge is 2.34. The van der Waals surface area contributed by atoms with E-state index in [2.05, 4.69) is 4.98 Å². The van der Waals surface area contributed by atoms with Crippen molar-refractivity contribution in [3.63, 3.8) is 0 Å². The number of halogens is 2. The third kappa shape index (κ3) is 2.09. The van der Waals surface area contributed by atoms with Gasteiger partial charge in [0.1, 0.15) is 11.6 Å². The van der Waals surface area contributed by atoms with Gasteiger partial charge in [-0.1, -0.05) is 0 Å². The molecular formula is C13H9F2NO3. The fourth-order valence-corrected chi connectivity index (χ4v) is 1.90. The average molecular weight is 265 g/mol. The van der Waals surface area contributed by atoms with Crippen molar-refractivity contribution >= 4 is 5.97 Å². The molecule has 1 fully saturated rings. The van der Waals surface area contributed by atoms with Crippen molar-refractivity contribution in [3.8, 4) is 11.5 Å². The normalized spacial score (nSPS) is 14.6. The van der Waals surface area contributed by atoms with Gasteiger partial charge in [-0.2, -0.15) is 0 Å². The van der Waals surface area contributed by atoms with E-state index in [-0.39, 0.29) is 23.1 Å². The molecule has 0 aliphatic heterocycles. The number of hydrogen-bond donors (Lipinski definition) is 1. The van der Waals surface area contributed by atoms with E-state index in [0.29, 0.717) is 5.69 Å². The van der Waals surface area contributed by atoms with Gasteiger partial charge in [-0.25, -0.2) is 18.6 Å². The van der Waals surface area contributed by atoms with Crippen molar-refractivity contribution in [3.05, 3.63) is 41.3 Å². The predicted molar refractivity (Wildman–Crippen MR) is 60.8 cm³/mol. The summed E-state index contributed by atoms with van der Waals surface area (Å²) < 4.78 is 31.8. The topological polar surface area (TPSA) is 63.3 Å². The number of aromatic nitrogens is 1. The lowest BCUT2D eigenvalue weighted by molar-refractivity contribution is 0.0661. The Morgan fingerprint density at radius 1 is 1.37 bits per heavy atom. The Bertz CT molecular complexity index is 662. The zero-order valence-electron chi connectivity index (χ0n) is 9.69. The first-order valence-electron chi connectivity index (χ1n) is 5.75. The Labute approximate surface area is 106 Å². The van der Waals surface area contributed by atoms with Crippen LogP contribution in [0.4, 0.5) is 8.78 Å². The van der Waals surface area contributed by atoms with Crippen molar-refractivity contribution in [2.45, 2.75) is 18.8 Å². The molecule has 3 rings (SSSR count). The minimum Gasteiger partial charge on any atom is -0.475 e. The standard InChI is InChI=1S/C13H9F2NO3/c14-7-3-4-9(15)8(5-7)12-16-10(6-1-2-6)11(19-12)13(17)18/h3-6H,1-2H2,(H,17,18). The van der Waals surface area contributed by atoms with Crippen molar-refractivity contribution in [1.29, 1.82) is 0 Å². The smallest absolute Gasteiger partial charge is 0.373 e. The van der Waals surface area contributed by atoms with Gasteiger partial charge in [-0.15, -0.1) is 0 Å². The Morgan fingerprint density at radius 3 is 2.74 bits per heavy atom. The van der Waals surface area contributed by atoms with Crippen LogP contribution >= 0.6 is 0 Å². The highest BCUT2D eigenvalue weighted by Crippen LogP contribution is 2.42. The van der Waals surface area contributed by atoms with Gasteiger partial charge in [-0.3, -0.25) is 0 Å². The van der Waals surface area contributed by atoms with E-state index in [9.17, 15) is 13.6 Å². The van der Waals surface area contributed by atoms with E-state index in [4.69, 9.17) is 9.52 Å². The number of carbonyl (C=O) groups is 1. The number of carboxylic acid groups (broad SMARTS) is 1. The summed E-state index contributed by atoms with van der Waals surface area (Å²) in [4.78, 5) is 15.1. The maximum atomic E-state index is 13.6. The summed E-state index contributed by atoms with van der Waals surface area (Å²) in [5.41, 5.74) is 0.139. The maximum absolute atomic E-state index is 13.6. The molecular weight excluding hydrogens is 256 g/mol. The summed E-state index contributed by atoms with van der Waals surface area (Å²) in [6.07, 6.45) is 1.66. The van der Waals surface area contributed by atoms with Crippen LogP contribution in [-0.2, 0) is 0 Å². The first-order chi connectivity index (χ1) is 9.06. The number of aromatic carboxylic acids is 1. The van der Waals surface area contributed by atoms with Crippen LogP contribution < -0.4 is 0 Å². The van der Waals surface area contributed by atoms with Crippen LogP contribution in [0.2, 0.25) is 0 Å². The molecule has 98 valence electrons. The molecule has 2 aromatic rings. The van der Waals surface area contributed by atoms with Crippen LogP contribution in [-0.4, -0.2) is 16.1 Å². The molecule has 0 unspecified atom stereocenters. The fourth-order valence-electron chi connectivity index (χ4n) is 1.90. The van der Waals surface area contributed by atoms with Gasteiger partial charge in [0.25, 0.3) is 0 Å². The largest absolute Gasteiger partial charge is 0.475 e. The van der Waals surface area contributed by atoms with E-state index < -0.39 is 17.6 Å². The lowest BCUT2D eigenvalue weighted by Crippen LogP contribution is -1.98. The molecule has 1 heterocycles. The lowest BCUT2D eigenvalue weighted by atomic mass is 10.2. The maximum Gasteiger partial charge on any atom is 0.373 e. The van der Waals surface area contributed by atoms with Crippen LogP contribution in [0.5, 0.6) is 0 Å². The molecule has 0 spiro atoms. The molecule has 0 radical (unpaired) electrons. The SMILES string of the molecule is O=C(O)c1oc(-c2cc(F)ccc2F)nc1C1CC1. The average Bonchev–Trinajstić information content (AvgIpc) is 3.11. The molecule has 1 N–H and O–H groups in total. The zero-order chi connectivity index (χ0) is 13.6. The summed E-state index contributed by atoms with van der Waals surface area (Å²) in [7, 11) is 0. The lowest BCUT2D eigenvalue weighted by Gasteiger charge is -1.97. The van der Waals surface area contributed by atoms with Gasteiger partial charge in [0.05, 0.1) is 11.3 Å². The zero-order valence-corrected chi connectivity index (χ0v) is 9.69. The van der Waals surface area contributed by atoms with Crippen LogP contribution in [0.25, 0.3) is 11.5 Å². The second kappa shape index (κ2) is 4.15. The van der Waals surface area contributed by atoms with Crippen molar-refractivity contribution in [2.75, 3.05) is 0 Å². The molecule has 1 aliphatic rings. The second-order valence-electron chi connectivity index (χ2n) is 4.44.